The topological polar surface area (TPSA) is 221 Å². The van der Waals surface area contributed by atoms with Crippen molar-refractivity contribution in [2.75, 3.05) is 40.4 Å². The summed E-state index contributed by atoms with van der Waals surface area (Å²) in [5, 5.41) is 27.7. The fourth-order valence-electron chi connectivity index (χ4n) is 8.35. The fourth-order valence-corrected chi connectivity index (χ4v) is 8.35. The highest BCUT2D eigenvalue weighted by Gasteiger charge is 2.34. The first-order valence-electron chi connectivity index (χ1n) is 23.1. The maximum atomic E-state index is 13.4. The minimum absolute atomic E-state index is 0.0389. The molecule has 5 N–H and O–H groups in total. The standard InChI is InChI=1S/C24H26N4O3.C18H24N2O3.C11H10N2O3/c1-3-25-23(29)17-7-4-6-16(12-17)21-8-5-11-28(21)24(30)18-9-10-20(22(13-18)31-2)19-14-26-27-15-19;1-5-19-16(21)14-9-6-8-13(12-14)15-10-7-11-20(15)17(22)23-18(2,3)4;1-16-10-4-7(11(14)15)2-3-9(10)8-5-12-13-6-8/h4,6-7,9-10,12-15,21H,3,5,8,11H2,1-2H3,(H,25,29)(H,26,27);6,8-9,12,15H,1,5,7,10-11H2,2-4H3;2-6H,1H3,(H,12,13)(H,14,15)/p+1. The summed E-state index contributed by atoms with van der Waals surface area (Å²) < 4.78 is 16.2. The molecule has 0 saturated carbocycles. The highest BCUT2D eigenvalue weighted by atomic mass is 16.6. The Balaban J connectivity index is 0.000000182. The minimum atomic E-state index is -0.975. The van der Waals surface area contributed by atoms with Crippen molar-refractivity contribution in [2.24, 2.45) is 0 Å². The number of aromatic nitrogens is 4. The molecule has 2 saturated heterocycles. The van der Waals surface area contributed by atoms with Crippen LogP contribution in [0.3, 0.4) is 0 Å². The second-order valence-electron chi connectivity index (χ2n) is 17.5. The van der Waals surface area contributed by atoms with E-state index in [1.807, 2.05) is 81.1 Å². The zero-order valence-electron chi connectivity index (χ0n) is 40.4. The van der Waals surface area contributed by atoms with E-state index in [2.05, 4.69) is 38.0 Å². The number of nitrogens with one attached hydrogen (secondary N) is 4. The molecular weight excluding hydrogens is 893 g/mol. The third-order valence-corrected chi connectivity index (χ3v) is 11.6. The van der Waals surface area contributed by atoms with E-state index in [1.165, 1.54) is 19.2 Å². The van der Waals surface area contributed by atoms with Crippen molar-refractivity contribution >= 4 is 29.8 Å². The Hall–Kier alpha value is -8.08. The molecule has 0 bridgehead atoms. The van der Waals surface area contributed by atoms with Crippen LogP contribution in [-0.4, -0.2) is 111 Å². The summed E-state index contributed by atoms with van der Waals surface area (Å²) >= 11 is 0. The number of likely N-dealkylation sites (tertiary alicyclic amines) is 2. The first-order chi connectivity index (χ1) is 33.7. The molecule has 366 valence electrons. The number of rotatable bonds is 12. The SMILES string of the molecule is CCNC(=O)c1cccc(C2CCCN2C(=O)c2ccc(-c3cn[nH]c3)c(OC)c2)c1.COc1cc(C(=O)O)ccc1-c1cn[nH]c1.[CH2+]CNC(=O)c1cccc(C2CCCN2C(=O)OC(C)(C)C)c1. The number of benzene rings is 4. The number of hydrogen-bond donors (Lipinski definition) is 5. The highest BCUT2D eigenvalue weighted by Crippen LogP contribution is 2.37. The molecule has 4 amide bonds. The molecule has 4 heterocycles. The smallest absolute Gasteiger partial charge is 0.410 e. The van der Waals surface area contributed by atoms with Crippen LogP contribution >= 0.6 is 0 Å². The number of aromatic amines is 2. The molecule has 2 unspecified atom stereocenters. The van der Waals surface area contributed by atoms with Gasteiger partial charge in [-0.05, 0) is 125 Å². The Morgan fingerprint density at radius 1 is 0.700 bits per heavy atom. The number of hydrogen-bond acceptors (Lipinski definition) is 10. The summed E-state index contributed by atoms with van der Waals surface area (Å²) in [5.41, 5.74) is 6.85. The molecule has 4 aromatic carbocycles. The van der Waals surface area contributed by atoms with Crippen LogP contribution in [0.4, 0.5) is 4.79 Å². The van der Waals surface area contributed by atoms with Crippen molar-refractivity contribution in [3.05, 3.63) is 150 Å². The molecule has 6 aromatic rings. The Morgan fingerprint density at radius 3 is 1.67 bits per heavy atom. The molecule has 2 fully saturated rings. The molecule has 2 aromatic heterocycles. The Morgan fingerprint density at radius 2 is 1.20 bits per heavy atom. The number of carbonyl (C=O) groups is 5. The summed E-state index contributed by atoms with van der Waals surface area (Å²) in [6.45, 7) is 13.4. The number of H-pyrrole nitrogens is 2. The number of carbonyl (C=O) groups excluding carboxylic acids is 4. The van der Waals surface area contributed by atoms with Crippen molar-refractivity contribution in [2.45, 2.75) is 71.1 Å². The van der Waals surface area contributed by atoms with Crippen molar-refractivity contribution in [1.29, 1.82) is 0 Å². The monoisotopic (exact) mass is 953 g/mol. The predicted molar refractivity (Wildman–Crippen MR) is 265 cm³/mol. The van der Waals surface area contributed by atoms with Crippen LogP contribution in [-0.2, 0) is 4.74 Å². The number of aromatic carboxylic acids is 1. The first-order valence-corrected chi connectivity index (χ1v) is 23.1. The van der Waals surface area contributed by atoms with Crippen molar-refractivity contribution < 1.29 is 43.3 Å². The van der Waals surface area contributed by atoms with Crippen LogP contribution in [0.2, 0.25) is 0 Å². The Bertz CT molecular complexity index is 2730. The van der Waals surface area contributed by atoms with Crippen molar-refractivity contribution in [1.82, 2.24) is 40.8 Å². The van der Waals surface area contributed by atoms with E-state index in [0.29, 0.717) is 54.4 Å². The number of carboxylic acid groups (broad SMARTS) is 1. The molecule has 2 aliphatic heterocycles. The summed E-state index contributed by atoms with van der Waals surface area (Å²) in [5.74, 6) is -0.119. The van der Waals surface area contributed by atoms with Gasteiger partial charge in [0.05, 0.1) is 51.2 Å². The van der Waals surface area contributed by atoms with Gasteiger partial charge in [-0.15, -0.1) is 0 Å². The summed E-state index contributed by atoms with van der Waals surface area (Å²) in [6.07, 6.45) is 10.2. The molecule has 17 heteroatoms. The van der Waals surface area contributed by atoms with E-state index in [-0.39, 0.29) is 41.5 Å². The van der Waals surface area contributed by atoms with Gasteiger partial charge in [-0.1, -0.05) is 24.3 Å². The second-order valence-corrected chi connectivity index (χ2v) is 17.5. The van der Waals surface area contributed by atoms with Crippen molar-refractivity contribution in [3.8, 4) is 33.8 Å². The fraction of sp³-hybridized carbons (Fsp3) is 0.321. The molecule has 8 rings (SSSR count). The lowest BCUT2D eigenvalue weighted by molar-refractivity contribution is 0.0224. The lowest BCUT2D eigenvalue weighted by atomic mass is 10.0. The first kappa shape index (κ1) is 51.3. The van der Waals surface area contributed by atoms with Crippen LogP contribution in [0.1, 0.15) is 118 Å². The largest absolute Gasteiger partial charge is 0.496 e. The molecule has 0 spiro atoms. The second kappa shape index (κ2) is 23.8. The molecule has 2 atom stereocenters. The minimum Gasteiger partial charge on any atom is -0.496 e. The van der Waals surface area contributed by atoms with E-state index in [1.54, 1.807) is 61.1 Å². The zero-order valence-corrected chi connectivity index (χ0v) is 40.4. The van der Waals surface area contributed by atoms with Gasteiger partial charge in [0, 0.05) is 71.0 Å². The van der Waals surface area contributed by atoms with Gasteiger partial charge in [0.1, 0.15) is 17.1 Å². The van der Waals surface area contributed by atoms with Crippen LogP contribution < -0.4 is 20.1 Å². The average molecular weight is 954 g/mol. The number of ether oxygens (including phenoxy) is 3. The maximum Gasteiger partial charge on any atom is 0.410 e. The summed E-state index contributed by atoms with van der Waals surface area (Å²) in [7, 11) is 3.10. The normalized spacial score (nSPS) is 15.1. The summed E-state index contributed by atoms with van der Waals surface area (Å²) in [4.78, 5) is 64.4. The van der Waals surface area contributed by atoms with Gasteiger partial charge in [0.15, 0.2) is 6.54 Å². The van der Waals surface area contributed by atoms with Crippen LogP contribution in [0.15, 0.2) is 110 Å². The van der Waals surface area contributed by atoms with Gasteiger partial charge in [-0.25, -0.2) is 9.59 Å². The van der Waals surface area contributed by atoms with Crippen LogP contribution in [0.25, 0.3) is 22.3 Å². The molecule has 0 radical (unpaired) electrons. The van der Waals surface area contributed by atoms with Gasteiger partial charge < -0.3 is 39.8 Å². The highest BCUT2D eigenvalue weighted by molar-refractivity contribution is 5.97. The zero-order chi connectivity index (χ0) is 50.4. The lowest BCUT2D eigenvalue weighted by Gasteiger charge is -2.29. The van der Waals surface area contributed by atoms with Crippen molar-refractivity contribution in [3.63, 3.8) is 0 Å². The quantitative estimate of drug-likeness (QED) is 0.0729. The molecule has 0 aliphatic carbocycles. The van der Waals surface area contributed by atoms with E-state index in [4.69, 9.17) is 19.3 Å². The predicted octanol–water partition coefficient (Wildman–Crippen LogP) is 8.92. The van der Waals surface area contributed by atoms with E-state index >= 15 is 0 Å². The third kappa shape index (κ3) is 12.9. The molecular formula is C53H61N8O9+. The third-order valence-electron chi connectivity index (χ3n) is 11.6. The van der Waals surface area contributed by atoms with Gasteiger partial charge in [-0.2, -0.15) is 10.2 Å². The van der Waals surface area contributed by atoms with E-state index in [9.17, 15) is 24.0 Å². The number of amides is 4. The van der Waals surface area contributed by atoms with Gasteiger partial charge in [0.2, 0.25) is 0 Å². The molecule has 70 heavy (non-hydrogen) atoms. The van der Waals surface area contributed by atoms with E-state index in [0.717, 1.165) is 59.1 Å². The van der Waals surface area contributed by atoms with Crippen LogP contribution in [0.5, 0.6) is 11.5 Å². The Kier molecular flexibility index (Phi) is 17.4. The average Bonchev–Trinajstić information content (AvgIpc) is 4.23. The van der Waals surface area contributed by atoms with Gasteiger partial charge in [0.25, 0.3) is 17.7 Å². The maximum absolute atomic E-state index is 13.4. The number of carboxylic acids is 1. The number of methoxy groups -OCH3 is 2. The van der Waals surface area contributed by atoms with Gasteiger partial charge >= 0.3 is 12.1 Å². The lowest BCUT2D eigenvalue weighted by Crippen LogP contribution is -2.36. The van der Waals surface area contributed by atoms with E-state index < -0.39 is 11.6 Å². The Labute approximate surface area is 407 Å². The summed E-state index contributed by atoms with van der Waals surface area (Å²) in [6, 6.07) is 25.1. The molecule has 2 aliphatic rings. The van der Waals surface area contributed by atoms with Crippen LogP contribution in [0, 0.1) is 6.92 Å². The molecule has 17 nitrogen and oxygen atoms in total. The van der Waals surface area contributed by atoms with Gasteiger partial charge in [-0.3, -0.25) is 24.6 Å². The number of nitrogens with zero attached hydrogens (tertiary/aromatic N) is 4.